The van der Waals surface area contributed by atoms with Crippen LogP contribution in [0.3, 0.4) is 0 Å². The maximum atomic E-state index is 3.51. The average Bonchev–Trinajstić information content (AvgIpc) is 2.16. The average molecular weight is 200 g/mol. The minimum atomic E-state index is 0.455. The predicted molar refractivity (Wildman–Crippen MR) is 64.7 cm³/mol. The van der Waals surface area contributed by atoms with E-state index in [-0.39, 0.29) is 0 Å². The maximum Gasteiger partial charge on any atom is 0.000242 e. The molecule has 0 radical (unpaired) electrons. The zero-order valence-corrected chi connectivity index (χ0v) is 10.4. The van der Waals surface area contributed by atoms with Crippen molar-refractivity contribution in [3.8, 4) is 0 Å². The summed E-state index contributed by atoms with van der Waals surface area (Å²) in [5.74, 6) is 0. The molecule has 0 aromatic heterocycles. The van der Waals surface area contributed by atoms with E-state index in [4.69, 9.17) is 0 Å². The van der Waals surface area contributed by atoms with E-state index in [1.54, 1.807) is 0 Å². The first-order valence-electron chi connectivity index (χ1n) is 6.04. The maximum absolute atomic E-state index is 3.51. The lowest BCUT2D eigenvalue weighted by Gasteiger charge is -2.22. The van der Waals surface area contributed by atoms with E-state index >= 15 is 0 Å². The quantitative estimate of drug-likeness (QED) is 0.559. The van der Waals surface area contributed by atoms with Crippen LogP contribution in [0.15, 0.2) is 0 Å². The molecule has 2 heteroatoms. The summed E-state index contributed by atoms with van der Waals surface area (Å²) in [6, 6.07) is 0. The normalized spacial score (nSPS) is 12.0. The SMILES string of the molecule is CCCNCCCNCC(C)(C)CC. The Balaban J connectivity index is 3.13. The van der Waals surface area contributed by atoms with Gasteiger partial charge >= 0.3 is 0 Å². The van der Waals surface area contributed by atoms with Crippen molar-refractivity contribution in [2.24, 2.45) is 5.41 Å². The fraction of sp³-hybridized carbons (Fsp3) is 1.00. The summed E-state index contributed by atoms with van der Waals surface area (Å²) in [6.45, 7) is 13.7. The second-order valence-corrected chi connectivity index (χ2v) is 4.80. The molecule has 2 N–H and O–H groups in total. The van der Waals surface area contributed by atoms with Crippen LogP contribution in [0, 0.1) is 5.41 Å². The Hall–Kier alpha value is -0.0800. The molecule has 0 aliphatic carbocycles. The van der Waals surface area contributed by atoms with E-state index in [2.05, 4.69) is 38.3 Å². The predicted octanol–water partition coefficient (Wildman–Crippen LogP) is 2.40. The van der Waals surface area contributed by atoms with Gasteiger partial charge in [-0.05, 0) is 44.3 Å². The van der Waals surface area contributed by atoms with Crippen molar-refractivity contribution in [3.63, 3.8) is 0 Å². The Labute approximate surface area is 89.9 Å². The molecule has 0 saturated carbocycles. The van der Waals surface area contributed by atoms with Crippen molar-refractivity contribution in [3.05, 3.63) is 0 Å². The van der Waals surface area contributed by atoms with Gasteiger partial charge in [-0.3, -0.25) is 0 Å². The minimum Gasteiger partial charge on any atom is -0.317 e. The van der Waals surface area contributed by atoms with Crippen molar-refractivity contribution < 1.29 is 0 Å². The van der Waals surface area contributed by atoms with Gasteiger partial charge in [0.25, 0.3) is 0 Å². The Morgan fingerprint density at radius 3 is 2.14 bits per heavy atom. The smallest absolute Gasteiger partial charge is 0.000242 e. The molecule has 0 unspecified atom stereocenters. The van der Waals surface area contributed by atoms with Gasteiger partial charge in [0, 0.05) is 6.54 Å². The number of rotatable bonds is 9. The zero-order chi connectivity index (χ0) is 10.9. The molecule has 0 heterocycles. The molecule has 14 heavy (non-hydrogen) atoms. The second kappa shape index (κ2) is 8.25. The molecule has 0 aliphatic rings. The van der Waals surface area contributed by atoms with Crippen LogP contribution in [0.1, 0.15) is 47.0 Å². The third-order valence-corrected chi connectivity index (χ3v) is 2.69. The van der Waals surface area contributed by atoms with Crippen molar-refractivity contribution in [1.82, 2.24) is 10.6 Å². The van der Waals surface area contributed by atoms with E-state index in [1.807, 2.05) is 0 Å². The molecule has 0 aliphatic heterocycles. The number of hydrogen-bond donors (Lipinski definition) is 2. The van der Waals surface area contributed by atoms with Crippen LogP contribution < -0.4 is 10.6 Å². The van der Waals surface area contributed by atoms with Crippen LogP contribution in [0.25, 0.3) is 0 Å². The summed E-state index contributed by atoms with van der Waals surface area (Å²) in [5, 5.41) is 6.92. The van der Waals surface area contributed by atoms with Crippen LogP contribution in [-0.2, 0) is 0 Å². The molecule has 0 spiro atoms. The number of nitrogens with one attached hydrogen (secondary N) is 2. The topological polar surface area (TPSA) is 24.1 Å². The molecule has 0 amide bonds. The van der Waals surface area contributed by atoms with Gasteiger partial charge < -0.3 is 10.6 Å². The highest BCUT2D eigenvalue weighted by Crippen LogP contribution is 2.17. The van der Waals surface area contributed by atoms with Gasteiger partial charge in [0.15, 0.2) is 0 Å². The van der Waals surface area contributed by atoms with Gasteiger partial charge in [-0.15, -0.1) is 0 Å². The lowest BCUT2D eigenvalue weighted by molar-refractivity contribution is 0.327. The minimum absolute atomic E-state index is 0.455. The molecule has 0 atom stereocenters. The van der Waals surface area contributed by atoms with E-state index in [0.29, 0.717) is 5.41 Å². The van der Waals surface area contributed by atoms with Gasteiger partial charge in [0.05, 0.1) is 0 Å². The summed E-state index contributed by atoms with van der Waals surface area (Å²) < 4.78 is 0. The zero-order valence-electron chi connectivity index (χ0n) is 10.4. The third-order valence-electron chi connectivity index (χ3n) is 2.69. The fourth-order valence-electron chi connectivity index (χ4n) is 1.19. The first-order valence-corrected chi connectivity index (χ1v) is 6.04. The second-order valence-electron chi connectivity index (χ2n) is 4.80. The van der Waals surface area contributed by atoms with Crippen molar-refractivity contribution in [1.29, 1.82) is 0 Å². The van der Waals surface area contributed by atoms with Crippen LogP contribution in [0.2, 0.25) is 0 Å². The van der Waals surface area contributed by atoms with Crippen molar-refractivity contribution in [2.75, 3.05) is 26.2 Å². The lowest BCUT2D eigenvalue weighted by Crippen LogP contribution is -2.31. The Morgan fingerprint density at radius 2 is 1.57 bits per heavy atom. The van der Waals surface area contributed by atoms with Crippen molar-refractivity contribution >= 4 is 0 Å². The van der Waals surface area contributed by atoms with Gasteiger partial charge in [0.1, 0.15) is 0 Å². The van der Waals surface area contributed by atoms with Crippen LogP contribution in [-0.4, -0.2) is 26.2 Å². The van der Waals surface area contributed by atoms with E-state index in [9.17, 15) is 0 Å². The van der Waals surface area contributed by atoms with Crippen LogP contribution in [0.5, 0.6) is 0 Å². The van der Waals surface area contributed by atoms with Gasteiger partial charge in [-0.1, -0.05) is 27.7 Å². The molecular weight excluding hydrogens is 172 g/mol. The van der Waals surface area contributed by atoms with Gasteiger partial charge in [0.2, 0.25) is 0 Å². The highest BCUT2D eigenvalue weighted by Gasteiger charge is 2.13. The van der Waals surface area contributed by atoms with E-state index in [1.165, 1.54) is 19.3 Å². The fourth-order valence-corrected chi connectivity index (χ4v) is 1.19. The summed E-state index contributed by atoms with van der Waals surface area (Å²) in [4.78, 5) is 0. The Morgan fingerprint density at radius 1 is 0.929 bits per heavy atom. The van der Waals surface area contributed by atoms with Gasteiger partial charge in [-0.2, -0.15) is 0 Å². The molecule has 0 rings (SSSR count). The standard InChI is InChI=1S/C12H28N2/c1-5-8-13-9-7-10-14-11-12(3,4)6-2/h13-14H,5-11H2,1-4H3. The monoisotopic (exact) mass is 200 g/mol. The Kier molecular flexibility index (Phi) is 8.20. The summed E-state index contributed by atoms with van der Waals surface area (Å²) >= 11 is 0. The van der Waals surface area contributed by atoms with E-state index < -0.39 is 0 Å². The molecular formula is C12H28N2. The summed E-state index contributed by atoms with van der Waals surface area (Å²) in [5.41, 5.74) is 0.455. The highest BCUT2D eigenvalue weighted by atomic mass is 14.9. The molecule has 86 valence electrons. The lowest BCUT2D eigenvalue weighted by atomic mass is 9.90. The summed E-state index contributed by atoms with van der Waals surface area (Å²) in [7, 11) is 0. The van der Waals surface area contributed by atoms with Gasteiger partial charge in [-0.25, -0.2) is 0 Å². The molecule has 0 aromatic carbocycles. The molecule has 0 aromatic rings. The number of hydrogen-bond acceptors (Lipinski definition) is 2. The molecule has 0 bridgehead atoms. The first-order chi connectivity index (χ1) is 6.62. The third kappa shape index (κ3) is 8.52. The van der Waals surface area contributed by atoms with Crippen LogP contribution >= 0.6 is 0 Å². The highest BCUT2D eigenvalue weighted by molar-refractivity contribution is 4.69. The Bertz CT molecular complexity index is 121. The molecule has 2 nitrogen and oxygen atoms in total. The molecule has 0 saturated heterocycles. The van der Waals surface area contributed by atoms with Crippen LogP contribution in [0.4, 0.5) is 0 Å². The summed E-state index contributed by atoms with van der Waals surface area (Å²) in [6.07, 6.45) is 3.71. The largest absolute Gasteiger partial charge is 0.317 e. The van der Waals surface area contributed by atoms with Crippen molar-refractivity contribution in [2.45, 2.75) is 47.0 Å². The van der Waals surface area contributed by atoms with E-state index in [0.717, 1.165) is 26.2 Å². The first kappa shape index (κ1) is 13.9. The molecule has 0 fully saturated rings.